The van der Waals surface area contributed by atoms with Crippen LogP contribution in [0.15, 0.2) is 33.1 Å². The zero-order chi connectivity index (χ0) is 13.7. The van der Waals surface area contributed by atoms with Crippen LogP contribution in [-0.4, -0.2) is 16.7 Å². The summed E-state index contributed by atoms with van der Waals surface area (Å²) in [6.45, 7) is 5.29. The second kappa shape index (κ2) is 7.26. The Morgan fingerprint density at radius 2 is 2.00 bits per heavy atom. The molecule has 2 rings (SSSR count). The van der Waals surface area contributed by atoms with Crippen molar-refractivity contribution < 1.29 is 0 Å². The zero-order valence-corrected chi connectivity index (χ0v) is 14.1. The standard InChI is InChI=1S/C13H16BrN3S2/c1-9(2)7-15-12-16-17-13(19-12)18-8-10-3-5-11(14)6-4-10/h3-6,9H,7-8H2,1-2H3,(H,15,16). The minimum Gasteiger partial charge on any atom is -0.360 e. The molecule has 0 atom stereocenters. The van der Waals surface area contributed by atoms with Crippen molar-refractivity contribution in [3.05, 3.63) is 34.3 Å². The Hall–Kier alpha value is -0.590. The number of thioether (sulfide) groups is 1. The van der Waals surface area contributed by atoms with Gasteiger partial charge in [-0.2, -0.15) is 0 Å². The van der Waals surface area contributed by atoms with Gasteiger partial charge < -0.3 is 5.32 Å². The summed E-state index contributed by atoms with van der Waals surface area (Å²) in [5.74, 6) is 1.54. The third-order valence-corrected chi connectivity index (χ3v) is 4.96. The molecule has 0 aliphatic rings. The van der Waals surface area contributed by atoms with Crippen LogP contribution in [0.5, 0.6) is 0 Å². The highest BCUT2D eigenvalue weighted by atomic mass is 79.9. The third kappa shape index (κ3) is 5.12. The van der Waals surface area contributed by atoms with E-state index in [-0.39, 0.29) is 0 Å². The van der Waals surface area contributed by atoms with E-state index in [1.54, 1.807) is 23.1 Å². The topological polar surface area (TPSA) is 37.8 Å². The molecular weight excluding hydrogens is 342 g/mol. The molecule has 1 aromatic carbocycles. The van der Waals surface area contributed by atoms with Gasteiger partial charge in [-0.15, -0.1) is 10.2 Å². The van der Waals surface area contributed by atoms with Crippen molar-refractivity contribution in [2.75, 3.05) is 11.9 Å². The molecule has 3 nitrogen and oxygen atoms in total. The van der Waals surface area contributed by atoms with E-state index in [0.29, 0.717) is 5.92 Å². The Morgan fingerprint density at radius 1 is 1.26 bits per heavy atom. The van der Waals surface area contributed by atoms with Crippen LogP contribution in [0.25, 0.3) is 0 Å². The van der Waals surface area contributed by atoms with Crippen molar-refractivity contribution in [1.29, 1.82) is 0 Å². The van der Waals surface area contributed by atoms with Gasteiger partial charge in [0.2, 0.25) is 5.13 Å². The Labute approximate surface area is 130 Å². The third-order valence-electron chi connectivity index (χ3n) is 2.34. The molecule has 0 amide bonds. The molecule has 0 saturated heterocycles. The summed E-state index contributed by atoms with van der Waals surface area (Å²) in [5.41, 5.74) is 1.29. The molecule has 0 unspecified atom stereocenters. The van der Waals surface area contributed by atoms with Crippen LogP contribution < -0.4 is 5.32 Å². The molecule has 1 heterocycles. The first kappa shape index (κ1) is 14.8. The van der Waals surface area contributed by atoms with Gasteiger partial charge in [-0.25, -0.2) is 0 Å². The number of nitrogens with one attached hydrogen (secondary N) is 1. The summed E-state index contributed by atoms with van der Waals surface area (Å²) >= 11 is 6.78. The summed E-state index contributed by atoms with van der Waals surface area (Å²) in [4.78, 5) is 0. The molecule has 2 aromatic rings. The maximum atomic E-state index is 4.19. The fraction of sp³-hybridized carbons (Fsp3) is 0.385. The number of hydrogen-bond donors (Lipinski definition) is 1. The minimum atomic E-state index is 0.614. The molecule has 0 bridgehead atoms. The fourth-order valence-electron chi connectivity index (χ4n) is 1.36. The van der Waals surface area contributed by atoms with Crippen molar-refractivity contribution in [2.24, 2.45) is 5.92 Å². The van der Waals surface area contributed by atoms with Crippen molar-refractivity contribution in [3.8, 4) is 0 Å². The minimum absolute atomic E-state index is 0.614. The van der Waals surface area contributed by atoms with Gasteiger partial charge in [-0.3, -0.25) is 0 Å². The van der Waals surface area contributed by atoms with E-state index in [9.17, 15) is 0 Å². The molecule has 19 heavy (non-hydrogen) atoms. The molecule has 0 fully saturated rings. The van der Waals surface area contributed by atoms with E-state index < -0.39 is 0 Å². The van der Waals surface area contributed by atoms with Crippen LogP contribution in [0.2, 0.25) is 0 Å². The van der Waals surface area contributed by atoms with Crippen molar-refractivity contribution in [2.45, 2.75) is 23.9 Å². The lowest BCUT2D eigenvalue weighted by molar-refractivity contribution is 0.687. The SMILES string of the molecule is CC(C)CNc1nnc(SCc2ccc(Br)cc2)s1. The molecule has 1 N–H and O–H groups in total. The van der Waals surface area contributed by atoms with E-state index >= 15 is 0 Å². The van der Waals surface area contributed by atoms with Gasteiger partial charge in [0.15, 0.2) is 4.34 Å². The zero-order valence-electron chi connectivity index (χ0n) is 10.9. The Morgan fingerprint density at radius 3 is 2.68 bits per heavy atom. The van der Waals surface area contributed by atoms with E-state index in [0.717, 1.165) is 26.2 Å². The number of anilines is 1. The van der Waals surface area contributed by atoms with Crippen LogP contribution in [0, 0.1) is 5.92 Å². The predicted octanol–water partition coefficient (Wildman–Crippen LogP) is 4.66. The fourth-order valence-corrected chi connectivity index (χ4v) is 3.34. The number of nitrogens with zero attached hydrogens (tertiary/aromatic N) is 2. The number of benzene rings is 1. The summed E-state index contributed by atoms with van der Waals surface area (Å²) in [7, 11) is 0. The van der Waals surface area contributed by atoms with Crippen LogP contribution >= 0.6 is 39.0 Å². The molecule has 0 saturated carbocycles. The lowest BCUT2D eigenvalue weighted by atomic mass is 10.2. The summed E-state index contributed by atoms with van der Waals surface area (Å²) in [5, 5.41) is 12.5. The molecule has 102 valence electrons. The maximum Gasteiger partial charge on any atom is 0.206 e. The van der Waals surface area contributed by atoms with Gasteiger partial charge in [-0.1, -0.05) is 65.0 Å². The second-order valence-electron chi connectivity index (χ2n) is 4.56. The first-order valence-corrected chi connectivity index (χ1v) is 8.67. The highest BCUT2D eigenvalue weighted by molar-refractivity contribution is 9.10. The average Bonchev–Trinajstić information content (AvgIpc) is 2.84. The molecule has 1 aromatic heterocycles. The van der Waals surface area contributed by atoms with E-state index in [1.807, 2.05) is 0 Å². The molecule has 0 radical (unpaired) electrons. The quantitative estimate of drug-likeness (QED) is 0.762. The smallest absolute Gasteiger partial charge is 0.206 e. The Kier molecular flexibility index (Phi) is 5.66. The molecule has 0 aliphatic heterocycles. The van der Waals surface area contributed by atoms with Crippen molar-refractivity contribution in [3.63, 3.8) is 0 Å². The lowest BCUT2D eigenvalue weighted by Gasteiger charge is -2.03. The second-order valence-corrected chi connectivity index (χ2v) is 7.68. The van der Waals surface area contributed by atoms with E-state index in [4.69, 9.17) is 0 Å². The Bertz CT molecular complexity index is 511. The summed E-state index contributed by atoms with van der Waals surface area (Å²) < 4.78 is 2.12. The largest absolute Gasteiger partial charge is 0.360 e. The first-order chi connectivity index (χ1) is 9.13. The van der Waals surface area contributed by atoms with Crippen molar-refractivity contribution >= 4 is 44.2 Å². The molecule has 6 heteroatoms. The van der Waals surface area contributed by atoms with Crippen LogP contribution in [-0.2, 0) is 5.75 Å². The van der Waals surface area contributed by atoms with Gasteiger partial charge >= 0.3 is 0 Å². The van der Waals surface area contributed by atoms with Gasteiger partial charge in [0, 0.05) is 16.8 Å². The van der Waals surface area contributed by atoms with Gasteiger partial charge in [0.1, 0.15) is 0 Å². The first-order valence-electron chi connectivity index (χ1n) is 6.08. The van der Waals surface area contributed by atoms with Crippen LogP contribution in [0.4, 0.5) is 5.13 Å². The van der Waals surface area contributed by atoms with Gasteiger partial charge in [0.05, 0.1) is 0 Å². The molecule has 0 aliphatic carbocycles. The lowest BCUT2D eigenvalue weighted by Crippen LogP contribution is -2.07. The normalized spacial score (nSPS) is 10.9. The Balaban J connectivity index is 1.84. The van der Waals surface area contributed by atoms with Crippen LogP contribution in [0.3, 0.4) is 0 Å². The molecule has 0 spiro atoms. The van der Waals surface area contributed by atoms with E-state index in [2.05, 4.69) is 69.6 Å². The monoisotopic (exact) mass is 357 g/mol. The van der Waals surface area contributed by atoms with Crippen LogP contribution in [0.1, 0.15) is 19.4 Å². The highest BCUT2D eigenvalue weighted by Crippen LogP contribution is 2.28. The number of halogens is 1. The summed E-state index contributed by atoms with van der Waals surface area (Å²) in [6, 6.07) is 8.36. The van der Waals surface area contributed by atoms with E-state index in [1.165, 1.54) is 5.56 Å². The van der Waals surface area contributed by atoms with Crippen molar-refractivity contribution in [1.82, 2.24) is 10.2 Å². The predicted molar refractivity (Wildman–Crippen MR) is 86.9 cm³/mol. The number of rotatable bonds is 6. The van der Waals surface area contributed by atoms with Gasteiger partial charge in [0.25, 0.3) is 0 Å². The average molecular weight is 358 g/mol. The number of aromatic nitrogens is 2. The number of hydrogen-bond acceptors (Lipinski definition) is 5. The maximum absolute atomic E-state index is 4.19. The summed E-state index contributed by atoms with van der Waals surface area (Å²) in [6.07, 6.45) is 0. The van der Waals surface area contributed by atoms with Gasteiger partial charge in [-0.05, 0) is 23.6 Å². The highest BCUT2D eigenvalue weighted by Gasteiger charge is 2.05. The molecular formula is C13H16BrN3S2.